The summed E-state index contributed by atoms with van der Waals surface area (Å²) < 4.78 is 15.8. The standard InChI is InChI=1S/C12H25NO3/c1-14-9-10-15-7-3-2-6-13-11-12-5-4-8-16-12/h12-13H,2-11H2,1H3. The average molecular weight is 231 g/mol. The topological polar surface area (TPSA) is 39.7 Å². The molecule has 1 heterocycles. The van der Waals surface area contributed by atoms with Crippen molar-refractivity contribution in [3.8, 4) is 0 Å². The van der Waals surface area contributed by atoms with Crippen molar-refractivity contribution < 1.29 is 14.2 Å². The zero-order valence-electron chi connectivity index (χ0n) is 10.4. The van der Waals surface area contributed by atoms with Gasteiger partial charge in [0.2, 0.25) is 0 Å². The van der Waals surface area contributed by atoms with E-state index >= 15 is 0 Å². The molecule has 0 bridgehead atoms. The van der Waals surface area contributed by atoms with Gasteiger partial charge in [-0.3, -0.25) is 0 Å². The van der Waals surface area contributed by atoms with Crippen LogP contribution in [0.3, 0.4) is 0 Å². The highest BCUT2D eigenvalue weighted by molar-refractivity contribution is 4.67. The number of hydrogen-bond acceptors (Lipinski definition) is 4. The first-order valence-electron chi connectivity index (χ1n) is 6.32. The molecule has 1 atom stereocenters. The van der Waals surface area contributed by atoms with Crippen molar-refractivity contribution in [1.29, 1.82) is 0 Å². The van der Waals surface area contributed by atoms with Gasteiger partial charge in [0, 0.05) is 26.9 Å². The second-order valence-corrected chi connectivity index (χ2v) is 4.15. The number of nitrogens with one attached hydrogen (secondary N) is 1. The molecule has 1 aliphatic rings. The molecule has 0 amide bonds. The van der Waals surface area contributed by atoms with Gasteiger partial charge < -0.3 is 19.5 Å². The maximum Gasteiger partial charge on any atom is 0.0700 e. The number of hydrogen-bond donors (Lipinski definition) is 1. The summed E-state index contributed by atoms with van der Waals surface area (Å²) in [5.41, 5.74) is 0. The Morgan fingerprint density at radius 1 is 1.25 bits per heavy atom. The first-order chi connectivity index (χ1) is 7.93. The molecule has 16 heavy (non-hydrogen) atoms. The molecule has 1 N–H and O–H groups in total. The minimum absolute atomic E-state index is 0.456. The molecule has 1 fully saturated rings. The van der Waals surface area contributed by atoms with Crippen LogP contribution >= 0.6 is 0 Å². The summed E-state index contributed by atoms with van der Waals surface area (Å²) in [5, 5.41) is 3.42. The lowest BCUT2D eigenvalue weighted by Gasteiger charge is -2.10. The normalized spacial score (nSPS) is 20.4. The Balaban J connectivity index is 1.71. The van der Waals surface area contributed by atoms with Gasteiger partial charge in [-0.15, -0.1) is 0 Å². The van der Waals surface area contributed by atoms with Crippen molar-refractivity contribution in [2.75, 3.05) is 46.6 Å². The third-order valence-corrected chi connectivity index (χ3v) is 2.72. The molecule has 4 heteroatoms. The van der Waals surface area contributed by atoms with Crippen molar-refractivity contribution in [2.45, 2.75) is 31.8 Å². The molecular weight excluding hydrogens is 206 g/mol. The third-order valence-electron chi connectivity index (χ3n) is 2.72. The smallest absolute Gasteiger partial charge is 0.0700 e. The van der Waals surface area contributed by atoms with Gasteiger partial charge in [-0.05, 0) is 32.2 Å². The third kappa shape index (κ3) is 7.17. The molecule has 1 aliphatic heterocycles. The SMILES string of the molecule is COCCOCCCCNCC1CCCO1. The molecule has 1 saturated heterocycles. The van der Waals surface area contributed by atoms with E-state index in [1.165, 1.54) is 19.3 Å². The fraction of sp³-hybridized carbons (Fsp3) is 1.00. The van der Waals surface area contributed by atoms with E-state index in [0.29, 0.717) is 19.3 Å². The number of methoxy groups -OCH3 is 1. The predicted octanol–water partition coefficient (Wildman–Crippen LogP) is 1.20. The molecule has 1 rings (SSSR count). The van der Waals surface area contributed by atoms with Crippen LogP contribution in [0.25, 0.3) is 0 Å². The Hall–Kier alpha value is -0.160. The Bertz CT molecular complexity index is 149. The highest BCUT2D eigenvalue weighted by Gasteiger charge is 2.13. The van der Waals surface area contributed by atoms with Crippen molar-refractivity contribution >= 4 is 0 Å². The van der Waals surface area contributed by atoms with E-state index in [-0.39, 0.29) is 0 Å². The van der Waals surface area contributed by atoms with Crippen molar-refractivity contribution in [3.63, 3.8) is 0 Å². The van der Waals surface area contributed by atoms with Crippen LogP contribution in [0.5, 0.6) is 0 Å². The molecule has 4 nitrogen and oxygen atoms in total. The fourth-order valence-electron chi connectivity index (χ4n) is 1.77. The molecule has 1 unspecified atom stereocenters. The maximum atomic E-state index is 5.52. The number of ether oxygens (including phenoxy) is 3. The average Bonchev–Trinajstić information content (AvgIpc) is 2.80. The first-order valence-corrected chi connectivity index (χ1v) is 6.32. The van der Waals surface area contributed by atoms with Crippen LogP contribution < -0.4 is 5.32 Å². The van der Waals surface area contributed by atoms with E-state index in [4.69, 9.17) is 14.2 Å². The molecule has 0 spiro atoms. The molecule has 0 aromatic carbocycles. The molecule has 0 aromatic rings. The minimum Gasteiger partial charge on any atom is -0.382 e. The Labute approximate surface area is 98.6 Å². The van der Waals surface area contributed by atoms with Crippen LogP contribution in [0, 0.1) is 0 Å². The molecule has 0 aromatic heterocycles. The monoisotopic (exact) mass is 231 g/mol. The second kappa shape index (κ2) is 10.0. The quantitative estimate of drug-likeness (QED) is 0.573. The Morgan fingerprint density at radius 2 is 2.19 bits per heavy atom. The summed E-state index contributed by atoms with van der Waals surface area (Å²) in [4.78, 5) is 0. The van der Waals surface area contributed by atoms with E-state index in [0.717, 1.165) is 32.7 Å². The predicted molar refractivity (Wildman–Crippen MR) is 63.8 cm³/mol. The summed E-state index contributed by atoms with van der Waals surface area (Å²) in [6.07, 6.45) is 5.17. The Kier molecular flexibility index (Phi) is 8.71. The summed E-state index contributed by atoms with van der Waals surface area (Å²) >= 11 is 0. The highest BCUT2D eigenvalue weighted by Crippen LogP contribution is 2.10. The highest BCUT2D eigenvalue weighted by atomic mass is 16.5. The largest absolute Gasteiger partial charge is 0.382 e. The molecule has 96 valence electrons. The van der Waals surface area contributed by atoms with E-state index in [1.807, 2.05) is 0 Å². The van der Waals surface area contributed by atoms with Crippen molar-refractivity contribution in [3.05, 3.63) is 0 Å². The van der Waals surface area contributed by atoms with Gasteiger partial charge in [0.25, 0.3) is 0 Å². The van der Waals surface area contributed by atoms with Crippen LogP contribution in [0.2, 0.25) is 0 Å². The first kappa shape index (κ1) is 13.9. The van der Waals surface area contributed by atoms with Gasteiger partial charge in [0.05, 0.1) is 19.3 Å². The zero-order valence-corrected chi connectivity index (χ0v) is 10.4. The van der Waals surface area contributed by atoms with E-state index < -0.39 is 0 Å². The molecule has 0 radical (unpaired) electrons. The van der Waals surface area contributed by atoms with Crippen LogP contribution in [0.4, 0.5) is 0 Å². The summed E-state index contributed by atoms with van der Waals surface area (Å²) in [7, 11) is 1.69. The van der Waals surface area contributed by atoms with Crippen LogP contribution in [0.1, 0.15) is 25.7 Å². The lowest BCUT2D eigenvalue weighted by Crippen LogP contribution is -2.27. The van der Waals surface area contributed by atoms with Crippen LogP contribution in [0.15, 0.2) is 0 Å². The summed E-state index contributed by atoms with van der Waals surface area (Å²) in [6.45, 7) is 5.25. The summed E-state index contributed by atoms with van der Waals surface area (Å²) in [6, 6.07) is 0. The van der Waals surface area contributed by atoms with Gasteiger partial charge in [-0.25, -0.2) is 0 Å². The van der Waals surface area contributed by atoms with E-state index in [2.05, 4.69) is 5.32 Å². The van der Waals surface area contributed by atoms with Gasteiger partial charge in [-0.2, -0.15) is 0 Å². The van der Waals surface area contributed by atoms with Gasteiger partial charge in [0.15, 0.2) is 0 Å². The number of unbranched alkanes of at least 4 members (excludes halogenated alkanes) is 1. The lowest BCUT2D eigenvalue weighted by atomic mass is 10.2. The van der Waals surface area contributed by atoms with E-state index in [1.54, 1.807) is 7.11 Å². The van der Waals surface area contributed by atoms with Gasteiger partial charge >= 0.3 is 0 Å². The maximum absolute atomic E-state index is 5.52. The van der Waals surface area contributed by atoms with Crippen molar-refractivity contribution in [1.82, 2.24) is 5.32 Å². The fourth-order valence-corrected chi connectivity index (χ4v) is 1.77. The van der Waals surface area contributed by atoms with E-state index in [9.17, 15) is 0 Å². The van der Waals surface area contributed by atoms with Gasteiger partial charge in [0.1, 0.15) is 0 Å². The zero-order chi connectivity index (χ0) is 11.5. The Morgan fingerprint density at radius 3 is 2.94 bits per heavy atom. The molecule has 0 aliphatic carbocycles. The van der Waals surface area contributed by atoms with Crippen molar-refractivity contribution in [2.24, 2.45) is 0 Å². The summed E-state index contributed by atoms with van der Waals surface area (Å²) in [5.74, 6) is 0. The lowest BCUT2D eigenvalue weighted by molar-refractivity contribution is 0.0685. The molecular formula is C12H25NO3. The molecule has 0 saturated carbocycles. The minimum atomic E-state index is 0.456. The van der Waals surface area contributed by atoms with Gasteiger partial charge in [-0.1, -0.05) is 0 Å². The number of rotatable bonds is 10. The van der Waals surface area contributed by atoms with Crippen LogP contribution in [-0.2, 0) is 14.2 Å². The second-order valence-electron chi connectivity index (χ2n) is 4.15. The van der Waals surface area contributed by atoms with Crippen LogP contribution in [-0.4, -0.2) is 52.7 Å².